The molecule has 1 N–H and O–H groups in total. The van der Waals surface area contributed by atoms with Gasteiger partial charge in [0.05, 0.1) is 5.02 Å². The smallest absolute Gasteiger partial charge is 0.231 e. The van der Waals surface area contributed by atoms with Crippen LogP contribution >= 0.6 is 11.6 Å². The van der Waals surface area contributed by atoms with Gasteiger partial charge in [0, 0.05) is 29.4 Å². The molecule has 1 atom stereocenters. The maximum atomic E-state index is 10.9. The Morgan fingerprint density at radius 2 is 2.28 bits per heavy atom. The minimum absolute atomic E-state index is 0.230. The molecule has 0 fully saturated rings. The molecular formula is C12H16ClNO3S. The lowest BCUT2D eigenvalue weighted by atomic mass is 10.2. The van der Waals surface area contributed by atoms with Gasteiger partial charge in [0.25, 0.3) is 0 Å². The van der Waals surface area contributed by atoms with Crippen LogP contribution in [0.3, 0.4) is 0 Å². The third-order valence-electron chi connectivity index (χ3n) is 2.60. The third-order valence-corrected chi connectivity index (χ3v) is 3.75. The molecule has 1 aliphatic heterocycles. The fourth-order valence-electron chi connectivity index (χ4n) is 1.76. The number of hydrogen-bond acceptors (Lipinski definition) is 4. The van der Waals surface area contributed by atoms with Gasteiger partial charge in [-0.1, -0.05) is 11.6 Å². The Balaban J connectivity index is 1.83. The van der Waals surface area contributed by atoms with E-state index in [-0.39, 0.29) is 6.79 Å². The fraction of sp³-hybridized carbons (Fsp3) is 0.500. The molecule has 0 saturated heterocycles. The van der Waals surface area contributed by atoms with E-state index in [0.29, 0.717) is 23.1 Å². The second-order valence-electron chi connectivity index (χ2n) is 4.12. The zero-order chi connectivity index (χ0) is 13.0. The van der Waals surface area contributed by atoms with Crippen LogP contribution in [-0.2, 0) is 17.3 Å². The summed E-state index contributed by atoms with van der Waals surface area (Å²) in [6.45, 7) is 1.78. The molecule has 4 nitrogen and oxygen atoms in total. The highest BCUT2D eigenvalue weighted by Gasteiger charge is 2.17. The Bertz CT molecular complexity index is 453. The largest absolute Gasteiger partial charge is 0.454 e. The van der Waals surface area contributed by atoms with Crippen molar-refractivity contribution in [1.82, 2.24) is 5.32 Å². The number of fused-ring (bicyclic) bond motifs is 1. The highest BCUT2D eigenvalue weighted by atomic mass is 35.5. The maximum absolute atomic E-state index is 10.9. The Hall–Kier alpha value is -0.780. The second kappa shape index (κ2) is 6.41. The average molecular weight is 290 g/mol. The van der Waals surface area contributed by atoms with Gasteiger partial charge in [-0.3, -0.25) is 4.21 Å². The number of ether oxygens (including phenoxy) is 2. The molecular weight excluding hydrogens is 274 g/mol. The quantitative estimate of drug-likeness (QED) is 0.813. The zero-order valence-corrected chi connectivity index (χ0v) is 11.8. The number of halogens is 1. The van der Waals surface area contributed by atoms with Crippen molar-refractivity contribution >= 4 is 22.4 Å². The van der Waals surface area contributed by atoms with Crippen LogP contribution < -0.4 is 14.8 Å². The lowest BCUT2D eigenvalue weighted by molar-refractivity contribution is 0.174. The van der Waals surface area contributed by atoms with E-state index in [0.717, 1.165) is 24.3 Å². The van der Waals surface area contributed by atoms with E-state index in [1.165, 1.54) is 0 Å². The summed E-state index contributed by atoms with van der Waals surface area (Å²) in [5, 5.41) is 3.87. The summed E-state index contributed by atoms with van der Waals surface area (Å²) in [5.41, 5.74) is 1.06. The van der Waals surface area contributed by atoms with Crippen molar-refractivity contribution < 1.29 is 13.7 Å². The Kier molecular flexibility index (Phi) is 4.86. The van der Waals surface area contributed by atoms with Crippen molar-refractivity contribution in [3.8, 4) is 11.5 Å². The molecule has 0 saturated carbocycles. The summed E-state index contributed by atoms with van der Waals surface area (Å²) in [5.74, 6) is 2.06. The van der Waals surface area contributed by atoms with Gasteiger partial charge < -0.3 is 14.8 Å². The summed E-state index contributed by atoms with van der Waals surface area (Å²) < 4.78 is 21.4. The van der Waals surface area contributed by atoms with Crippen LogP contribution in [0.2, 0.25) is 5.02 Å². The molecule has 1 heterocycles. The predicted molar refractivity (Wildman–Crippen MR) is 72.8 cm³/mol. The van der Waals surface area contributed by atoms with Gasteiger partial charge >= 0.3 is 0 Å². The molecule has 0 aromatic heterocycles. The van der Waals surface area contributed by atoms with Crippen molar-refractivity contribution in [2.75, 3.05) is 25.3 Å². The maximum Gasteiger partial charge on any atom is 0.231 e. The number of benzene rings is 1. The first-order chi connectivity index (χ1) is 8.66. The molecule has 0 amide bonds. The summed E-state index contributed by atoms with van der Waals surface area (Å²) >= 11 is 6.08. The van der Waals surface area contributed by atoms with Gasteiger partial charge in [-0.2, -0.15) is 0 Å². The number of rotatable bonds is 6. The first kappa shape index (κ1) is 13.6. The highest BCUT2D eigenvalue weighted by molar-refractivity contribution is 7.84. The fourth-order valence-corrected chi connectivity index (χ4v) is 2.59. The molecule has 2 rings (SSSR count). The van der Waals surface area contributed by atoms with Crippen LogP contribution in [0.1, 0.15) is 12.0 Å². The van der Waals surface area contributed by atoms with E-state index in [1.807, 2.05) is 12.1 Å². The van der Waals surface area contributed by atoms with Crippen molar-refractivity contribution in [3.63, 3.8) is 0 Å². The van der Waals surface area contributed by atoms with Crippen LogP contribution in [-0.4, -0.2) is 29.6 Å². The molecule has 6 heteroatoms. The summed E-state index contributed by atoms with van der Waals surface area (Å²) in [6.07, 6.45) is 2.62. The predicted octanol–water partition coefficient (Wildman–Crippen LogP) is 1.93. The highest BCUT2D eigenvalue weighted by Crippen LogP contribution is 2.39. The lowest BCUT2D eigenvalue weighted by Crippen LogP contribution is -2.16. The zero-order valence-electron chi connectivity index (χ0n) is 10.2. The monoisotopic (exact) mass is 289 g/mol. The first-order valence-electron chi connectivity index (χ1n) is 5.75. The lowest BCUT2D eigenvalue weighted by Gasteiger charge is -2.06. The van der Waals surface area contributed by atoms with Crippen molar-refractivity contribution in [2.45, 2.75) is 13.0 Å². The molecule has 1 aliphatic rings. The first-order valence-corrected chi connectivity index (χ1v) is 7.86. The van der Waals surface area contributed by atoms with Crippen molar-refractivity contribution in [2.24, 2.45) is 0 Å². The average Bonchev–Trinajstić information content (AvgIpc) is 2.77. The number of hydrogen-bond donors (Lipinski definition) is 1. The molecule has 1 unspecified atom stereocenters. The second-order valence-corrected chi connectivity index (χ2v) is 6.08. The van der Waals surface area contributed by atoms with E-state index in [1.54, 1.807) is 6.26 Å². The van der Waals surface area contributed by atoms with Crippen LogP contribution in [0.4, 0.5) is 0 Å². The molecule has 0 radical (unpaired) electrons. The van der Waals surface area contributed by atoms with Gasteiger partial charge in [-0.25, -0.2) is 0 Å². The van der Waals surface area contributed by atoms with Crippen LogP contribution in [0, 0.1) is 0 Å². The van der Waals surface area contributed by atoms with Crippen LogP contribution in [0.25, 0.3) is 0 Å². The summed E-state index contributed by atoms with van der Waals surface area (Å²) in [6, 6.07) is 3.80. The topological polar surface area (TPSA) is 47.6 Å². The van der Waals surface area contributed by atoms with Crippen molar-refractivity contribution in [3.05, 3.63) is 22.7 Å². The van der Waals surface area contributed by atoms with Gasteiger partial charge in [0.1, 0.15) is 0 Å². The van der Waals surface area contributed by atoms with Crippen LogP contribution in [0.5, 0.6) is 11.5 Å². The summed E-state index contributed by atoms with van der Waals surface area (Å²) in [7, 11) is -0.715. The third kappa shape index (κ3) is 3.60. The molecule has 1 aromatic rings. The van der Waals surface area contributed by atoms with E-state index in [4.69, 9.17) is 21.1 Å². The standard InChI is InChI=1S/C12H16ClNO3S/c1-18(15)4-2-3-14-7-9-5-10(13)12-11(6-9)16-8-17-12/h5-6,14H,2-4,7-8H2,1H3. The van der Waals surface area contributed by atoms with Crippen LogP contribution in [0.15, 0.2) is 12.1 Å². The molecule has 0 bridgehead atoms. The summed E-state index contributed by atoms with van der Waals surface area (Å²) in [4.78, 5) is 0. The van der Waals surface area contributed by atoms with E-state index in [9.17, 15) is 4.21 Å². The van der Waals surface area contributed by atoms with Gasteiger partial charge in [-0.15, -0.1) is 0 Å². The molecule has 0 spiro atoms. The molecule has 100 valence electrons. The molecule has 18 heavy (non-hydrogen) atoms. The molecule has 0 aliphatic carbocycles. The minimum Gasteiger partial charge on any atom is -0.454 e. The minimum atomic E-state index is -0.715. The molecule has 1 aromatic carbocycles. The Morgan fingerprint density at radius 3 is 3.06 bits per heavy atom. The van der Waals surface area contributed by atoms with E-state index < -0.39 is 10.8 Å². The SMILES string of the molecule is CS(=O)CCCNCc1cc(Cl)c2c(c1)OCO2. The Labute approximate surface area is 114 Å². The van der Waals surface area contributed by atoms with Gasteiger partial charge in [0.15, 0.2) is 11.5 Å². The van der Waals surface area contributed by atoms with E-state index >= 15 is 0 Å². The number of nitrogens with one attached hydrogen (secondary N) is 1. The Morgan fingerprint density at radius 1 is 1.44 bits per heavy atom. The van der Waals surface area contributed by atoms with Crippen molar-refractivity contribution in [1.29, 1.82) is 0 Å². The van der Waals surface area contributed by atoms with E-state index in [2.05, 4.69) is 5.32 Å². The van der Waals surface area contributed by atoms with Gasteiger partial charge in [0.2, 0.25) is 6.79 Å². The normalized spacial score (nSPS) is 14.8. The van der Waals surface area contributed by atoms with Gasteiger partial charge in [-0.05, 0) is 30.7 Å².